The number of nitrogens with zero attached hydrogens (tertiary/aromatic N) is 3. The third kappa shape index (κ3) is 2.63. The van der Waals surface area contributed by atoms with Crippen molar-refractivity contribution in [3.05, 3.63) is 41.6 Å². The quantitative estimate of drug-likeness (QED) is 0.893. The minimum Gasteiger partial charge on any atom is -0.360 e. The Morgan fingerprint density at radius 2 is 1.95 bits per heavy atom. The largest absolute Gasteiger partial charge is 0.360 e. The number of para-hydroxylation sites is 1. The molecule has 1 heterocycles. The van der Waals surface area contributed by atoms with E-state index in [-0.39, 0.29) is 0 Å². The van der Waals surface area contributed by atoms with Crippen LogP contribution in [-0.4, -0.2) is 30.4 Å². The maximum absolute atomic E-state index is 4.70. The van der Waals surface area contributed by atoms with Crippen LogP contribution in [0.5, 0.6) is 0 Å². The summed E-state index contributed by atoms with van der Waals surface area (Å²) in [6.45, 7) is 6.01. The van der Waals surface area contributed by atoms with Gasteiger partial charge in [0.15, 0.2) is 0 Å². The molecule has 0 aliphatic carbocycles. The van der Waals surface area contributed by atoms with Gasteiger partial charge in [-0.3, -0.25) is 0 Å². The molecule has 1 aromatic heterocycles. The van der Waals surface area contributed by atoms with Crippen molar-refractivity contribution in [2.75, 3.05) is 25.5 Å². The molecule has 0 saturated carbocycles. The molecule has 0 bridgehead atoms. The van der Waals surface area contributed by atoms with Crippen molar-refractivity contribution >= 4 is 5.82 Å². The lowest BCUT2D eigenvalue weighted by Gasteiger charge is -2.20. The van der Waals surface area contributed by atoms with Crippen LogP contribution in [0.25, 0.3) is 5.69 Å². The molecule has 0 radical (unpaired) electrons. The normalized spacial score (nSPS) is 10.7. The average Bonchev–Trinajstić information content (AvgIpc) is 2.77. The number of anilines is 1. The molecule has 4 heteroatoms. The van der Waals surface area contributed by atoms with E-state index in [9.17, 15) is 0 Å². The second-order valence-corrected chi connectivity index (χ2v) is 4.68. The molecule has 0 fully saturated rings. The zero-order valence-electron chi connectivity index (χ0n) is 12.1. The van der Waals surface area contributed by atoms with E-state index < -0.39 is 0 Å². The van der Waals surface area contributed by atoms with Gasteiger partial charge in [0, 0.05) is 25.7 Å². The van der Waals surface area contributed by atoms with Crippen LogP contribution in [0.4, 0.5) is 5.82 Å². The minimum absolute atomic E-state index is 0.832. The Kier molecular flexibility index (Phi) is 4.22. The summed E-state index contributed by atoms with van der Waals surface area (Å²) in [5.74, 6) is 1.17. The predicted molar refractivity (Wildman–Crippen MR) is 80.0 cm³/mol. The Bertz CT molecular complexity index is 531. The van der Waals surface area contributed by atoms with Crippen molar-refractivity contribution in [1.82, 2.24) is 15.1 Å². The molecule has 0 amide bonds. The van der Waals surface area contributed by atoms with Crippen molar-refractivity contribution < 1.29 is 0 Å². The molecular weight excluding hydrogens is 236 g/mol. The Morgan fingerprint density at radius 3 is 2.53 bits per heavy atom. The number of aromatic nitrogens is 2. The topological polar surface area (TPSA) is 33.1 Å². The van der Waals surface area contributed by atoms with Gasteiger partial charge in [-0.15, -0.1) is 0 Å². The number of hydrogen-bond acceptors (Lipinski definition) is 3. The Morgan fingerprint density at radius 1 is 1.26 bits per heavy atom. The fraction of sp³-hybridized carbons (Fsp3) is 0.400. The van der Waals surface area contributed by atoms with Crippen molar-refractivity contribution in [2.24, 2.45) is 0 Å². The summed E-state index contributed by atoms with van der Waals surface area (Å²) in [7, 11) is 4.07. The van der Waals surface area contributed by atoms with Crippen LogP contribution in [0.15, 0.2) is 30.3 Å². The molecule has 0 spiro atoms. The highest BCUT2D eigenvalue weighted by Gasteiger charge is 2.18. The predicted octanol–water partition coefficient (Wildman–Crippen LogP) is 2.36. The average molecular weight is 258 g/mol. The summed E-state index contributed by atoms with van der Waals surface area (Å²) < 4.78 is 2.03. The number of aryl methyl sites for hydroxylation is 1. The van der Waals surface area contributed by atoms with Crippen molar-refractivity contribution in [3.63, 3.8) is 0 Å². The molecule has 102 valence electrons. The first-order valence-electron chi connectivity index (χ1n) is 6.68. The SMILES string of the molecule is CCN(C)c1c(CNC)c(C)nn1-c1ccccc1. The van der Waals surface area contributed by atoms with Gasteiger partial charge >= 0.3 is 0 Å². The van der Waals surface area contributed by atoms with Gasteiger partial charge in [0.25, 0.3) is 0 Å². The van der Waals surface area contributed by atoms with Gasteiger partial charge < -0.3 is 10.2 Å². The molecular formula is C15H22N4. The van der Waals surface area contributed by atoms with E-state index in [2.05, 4.69) is 43.2 Å². The lowest BCUT2D eigenvalue weighted by atomic mass is 10.2. The molecule has 0 saturated heterocycles. The number of hydrogen-bond donors (Lipinski definition) is 1. The zero-order valence-corrected chi connectivity index (χ0v) is 12.1. The first-order valence-corrected chi connectivity index (χ1v) is 6.68. The van der Waals surface area contributed by atoms with Crippen LogP contribution in [0.3, 0.4) is 0 Å². The first-order chi connectivity index (χ1) is 9.19. The molecule has 4 nitrogen and oxygen atoms in total. The Hall–Kier alpha value is -1.81. The molecule has 1 aromatic carbocycles. The summed E-state index contributed by atoms with van der Waals surface area (Å²) >= 11 is 0. The van der Waals surface area contributed by atoms with E-state index in [1.165, 1.54) is 11.4 Å². The highest BCUT2D eigenvalue weighted by atomic mass is 15.4. The molecule has 19 heavy (non-hydrogen) atoms. The maximum atomic E-state index is 4.70. The maximum Gasteiger partial charge on any atom is 0.136 e. The highest BCUT2D eigenvalue weighted by Crippen LogP contribution is 2.26. The van der Waals surface area contributed by atoms with Crippen LogP contribution in [-0.2, 0) is 6.54 Å². The van der Waals surface area contributed by atoms with Crippen molar-refractivity contribution in [1.29, 1.82) is 0 Å². The van der Waals surface area contributed by atoms with Gasteiger partial charge in [-0.2, -0.15) is 5.10 Å². The van der Waals surface area contributed by atoms with E-state index in [4.69, 9.17) is 5.10 Å². The summed E-state index contributed by atoms with van der Waals surface area (Å²) in [5, 5.41) is 7.93. The van der Waals surface area contributed by atoms with E-state index in [1.807, 2.05) is 29.9 Å². The highest BCUT2D eigenvalue weighted by molar-refractivity contribution is 5.54. The van der Waals surface area contributed by atoms with E-state index in [0.29, 0.717) is 0 Å². The van der Waals surface area contributed by atoms with E-state index >= 15 is 0 Å². The fourth-order valence-corrected chi connectivity index (χ4v) is 2.22. The molecule has 2 rings (SSSR count). The van der Waals surface area contributed by atoms with Gasteiger partial charge in [0.05, 0.1) is 11.4 Å². The second kappa shape index (κ2) is 5.89. The van der Waals surface area contributed by atoms with Crippen LogP contribution < -0.4 is 10.2 Å². The second-order valence-electron chi connectivity index (χ2n) is 4.68. The molecule has 0 atom stereocenters. The molecule has 0 aliphatic heterocycles. The van der Waals surface area contributed by atoms with Gasteiger partial charge in [-0.05, 0) is 33.0 Å². The lowest BCUT2D eigenvalue weighted by Crippen LogP contribution is -2.22. The van der Waals surface area contributed by atoms with Crippen LogP contribution in [0, 0.1) is 6.92 Å². The monoisotopic (exact) mass is 258 g/mol. The fourth-order valence-electron chi connectivity index (χ4n) is 2.22. The standard InChI is InChI=1S/C15H22N4/c1-5-18(4)15-14(11-16-3)12(2)17-19(15)13-9-7-6-8-10-13/h6-10,16H,5,11H2,1-4H3. The molecule has 0 aliphatic rings. The van der Waals surface area contributed by atoms with Crippen LogP contribution >= 0.6 is 0 Å². The number of benzene rings is 1. The zero-order chi connectivity index (χ0) is 13.8. The Balaban J connectivity index is 2.57. The molecule has 2 aromatic rings. The third-order valence-electron chi connectivity index (χ3n) is 3.35. The smallest absolute Gasteiger partial charge is 0.136 e. The third-order valence-corrected chi connectivity index (χ3v) is 3.35. The van der Waals surface area contributed by atoms with Gasteiger partial charge in [0.1, 0.15) is 5.82 Å². The van der Waals surface area contributed by atoms with Crippen molar-refractivity contribution in [3.8, 4) is 5.69 Å². The molecule has 0 unspecified atom stereocenters. The van der Waals surface area contributed by atoms with Crippen molar-refractivity contribution in [2.45, 2.75) is 20.4 Å². The number of rotatable bonds is 5. The summed E-state index contributed by atoms with van der Waals surface area (Å²) in [5.41, 5.74) is 3.44. The van der Waals surface area contributed by atoms with Crippen LogP contribution in [0.2, 0.25) is 0 Å². The Labute approximate surface area is 115 Å². The summed E-state index contributed by atoms with van der Waals surface area (Å²) in [6, 6.07) is 10.3. The summed E-state index contributed by atoms with van der Waals surface area (Å²) in [4.78, 5) is 2.24. The van der Waals surface area contributed by atoms with Gasteiger partial charge in [-0.1, -0.05) is 18.2 Å². The van der Waals surface area contributed by atoms with Gasteiger partial charge in [0.2, 0.25) is 0 Å². The number of nitrogens with one attached hydrogen (secondary N) is 1. The summed E-state index contributed by atoms with van der Waals surface area (Å²) in [6.07, 6.45) is 0. The van der Waals surface area contributed by atoms with Gasteiger partial charge in [-0.25, -0.2) is 4.68 Å². The lowest BCUT2D eigenvalue weighted by molar-refractivity contribution is 0.794. The first kappa shape index (κ1) is 13.6. The van der Waals surface area contributed by atoms with E-state index in [1.54, 1.807) is 0 Å². The van der Waals surface area contributed by atoms with Crippen LogP contribution in [0.1, 0.15) is 18.2 Å². The molecule has 1 N–H and O–H groups in total. The van der Waals surface area contributed by atoms with E-state index in [0.717, 1.165) is 24.5 Å². The minimum atomic E-state index is 0.832.